The van der Waals surface area contributed by atoms with Gasteiger partial charge in [-0.15, -0.1) is 11.3 Å². The molecule has 6 aromatic rings. The fourth-order valence-corrected chi connectivity index (χ4v) is 6.46. The van der Waals surface area contributed by atoms with Gasteiger partial charge in [0.2, 0.25) is 0 Å². The van der Waals surface area contributed by atoms with E-state index in [1.54, 1.807) is 43.7 Å². The Kier molecular flexibility index (Phi) is 7.46. The molecule has 0 saturated heterocycles. The number of ether oxygens (including phenoxy) is 1. The fraction of sp³-hybridized carbons (Fsp3) is 0.206. The summed E-state index contributed by atoms with van der Waals surface area (Å²) in [5.41, 5.74) is 5.05. The topological polar surface area (TPSA) is 87.0 Å². The van der Waals surface area contributed by atoms with Gasteiger partial charge >= 0.3 is 0 Å². The van der Waals surface area contributed by atoms with Gasteiger partial charge in [0.25, 0.3) is 5.56 Å². The van der Waals surface area contributed by atoms with Gasteiger partial charge in [0.1, 0.15) is 16.9 Å². The Balaban J connectivity index is 1.55. The molecule has 9 heteroatoms. The van der Waals surface area contributed by atoms with Gasteiger partial charge in [-0.1, -0.05) is 23.7 Å². The average Bonchev–Trinajstić information content (AvgIpc) is 3.39. The van der Waals surface area contributed by atoms with E-state index in [-0.39, 0.29) is 11.3 Å². The van der Waals surface area contributed by atoms with Crippen molar-refractivity contribution in [3.63, 3.8) is 0 Å². The molecule has 0 fully saturated rings. The molecule has 7 nitrogen and oxygen atoms in total. The molecular formula is C34H29ClN4O3S. The normalized spacial score (nSPS) is 12.6. The van der Waals surface area contributed by atoms with Crippen molar-refractivity contribution in [2.24, 2.45) is 0 Å². The minimum absolute atomic E-state index is 0.0767. The zero-order valence-electron chi connectivity index (χ0n) is 24.4. The zero-order chi connectivity index (χ0) is 30.5. The Morgan fingerprint density at radius 2 is 1.74 bits per heavy atom. The summed E-state index contributed by atoms with van der Waals surface area (Å²) in [7, 11) is 0. The number of carbonyl (C=O) groups is 1. The van der Waals surface area contributed by atoms with E-state index in [0.717, 1.165) is 43.0 Å². The van der Waals surface area contributed by atoms with E-state index in [4.69, 9.17) is 21.3 Å². The zero-order valence-corrected chi connectivity index (χ0v) is 26.0. The maximum atomic E-state index is 13.3. The Morgan fingerprint density at radius 3 is 2.47 bits per heavy atom. The summed E-state index contributed by atoms with van der Waals surface area (Å²) >= 11 is 7.78. The van der Waals surface area contributed by atoms with E-state index in [2.05, 4.69) is 9.97 Å². The maximum absolute atomic E-state index is 13.3. The molecule has 0 amide bonds. The smallest absolute Gasteiger partial charge is 0.265 e. The lowest BCUT2D eigenvalue weighted by atomic mass is 9.90. The van der Waals surface area contributed by atoms with Crippen LogP contribution in [0.5, 0.6) is 0 Å². The van der Waals surface area contributed by atoms with E-state index in [0.29, 0.717) is 21.7 Å². The first-order chi connectivity index (χ1) is 20.5. The second kappa shape index (κ2) is 11.1. The lowest BCUT2D eigenvalue weighted by Crippen LogP contribution is -2.27. The quantitative estimate of drug-likeness (QED) is 0.190. The van der Waals surface area contributed by atoms with Gasteiger partial charge in [0.15, 0.2) is 5.78 Å². The molecule has 0 unspecified atom stereocenters. The number of carbonyl (C=O) groups excluding carboxylic acids is 1. The summed E-state index contributed by atoms with van der Waals surface area (Å²) in [6, 6.07) is 18.7. The highest BCUT2D eigenvalue weighted by atomic mass is 35.5. The maximum Gasteiger partial charge on any atom is 0.265 e. The van der Waals surface area contributed by atoms with E-state index < -0.39 is 11.7 Å². The molecule has 0 N–H and O–H groups in total. The minimum atomic E-state index is -0.762. The van der Waals surface area contributed by atoms with Crippen LogP contribution in [0, 0.1) is 6.92 Å². The van der Waals surface area contributed by atoms with Crippen LogP contribution in [0.15, 0.2) is 84.0 Å². The number of thiazole rings is 1. The molecule has 0 bridgehead atoms. The number of pyridine rings is 3. The Hall–Kier alpha value is -4.24. The molecule has 0 saturated carbocycles. The molecule has 216 valence electrons. The molecular weight excluding hydrogens is 580 g/mol. The molecule has 0 aliphatic heterocycles. The predicted octanol–water partition coefficient (Wildman–Crippen LogP) is 8.13. The van der Waals surface area contributed by atoms with Crippen molar-refractivity contribution in [2.45, 2.75) is 46.3 Å². The molecule has 4 heterocycles. The number of aromatic nitrogens is 4. The Labute approximate surface area is 257 Å². The molecule has 4 aromatic heterocycles. The van der Waals surface area contributed by atoms with Crippen LogP contribution in [0.1, 0.15) is 44.9 Å². The van der Waals surface area contributed by atoms with Crippen LogP contribution in [-0.4, -0.2) is 30.9 Å². The number of rotatable bonds is 6. The largest absolute Gasteiger partial charge is 0.360 e. The summed E-state index contributed by atoms with van der Waals surface area (Å²) in [5, 5.41) is 1.90. The standard InChI is InChI=1S/C34H29ClN4O3S/c1-19-17-26-31(29(21-8-10-23(35)11-9-21)28(19)30(20(2)40)42-34(3,4)5)43-32(38-26)22-12-15-37-27(18-22)39-16-13-25-24(33(39)41)7-6-14-36-25/h6-18,30H,1-5H3/t30-/m1/s1. The molecule has 0 radical (unpaired) electrons. The van der Waals surface area contributed by atoms with Gasteiger partial charge < -0.3 is 4.74 Å². The van der Waals surface area contributed by atoms with E-state index in [9.17, 15) is 9.59 Å². The van der Waals surface area contributed by atoms with Gasteiger partial charge in [0.05, 0.1) is 26.7 Å². The van der Waals surface area contributed by atoms with Crippen molar-refractivity contribution in [1.82, 2.24) is 19.5 Å². The first kappa shape index (κ1) is 28.9. The van der Waals surface area contributed by atoms with Gasteiger partial charge in [-0.2, -0.15) is 0 Å². The van der Waals surface area contributed by atoms with Gasteiger partial charge in [-0.05, 0) is 94.3 Å². The van der Waals surface area contributed by atoms with Crippen molar-refractivity contribution in [3.05, 3.63) is 106 Å². The number of benzene rings is 2. The van der Waals surface area contributed by atoms with E-state index in [1.807, 2.05) is 70.2 Å². The monoisotopic (exact) mass is 608 g/mol. The highest BCUT2D eigenvalue weighted by Gasteiger charge is 2.30. The predicted molar refractivity (Wildman–Crippen MR) is 173 cm³/mol. The highest BCUT2D eigenvalue weighted by molar-refractivity contribution is 7.22. The Morgan fingerprint density at radius 1 is 0.977 bits per heavy atom. The summed E-state index contributed by atoms with van der Waals surface area (Å²) in [5.74, 6) is 0.407. The third-order valence-electron chi connectivity index (χ3n) is 7.07. The minimum Gasteiger partial charge on any atom is -0.360 e. The summed E-state index contributed by atoms with van der Waals surface area (Å²) in [6.07, 6.45) is 4.27. The van der Waals surface area contributed by atoms with Crippen LogP contribution in [0.3, 0.4) is 0 Å². The number of hydrogen-bond acceptors (Lipinski definition) is 7. The number of nitrogens with zero attached hydrogens (tertiary/aromatic N) is 4. The van der Waals surface area contributed by atoms with Crippen molar-refractivity contribution < 1.29 is 9.53 Å². The number of Topliss-reactive ketones (excluding diaryl/α,β-unsaturated/α-hetero) is 1. The third kappa shape index (κ3) is 5.61. The molecule has 43 heavy (non-hydrogen) atoms. The van der Waals surface area contributed by atoms with Crippen LogP contribution in [0.4, 0.5) is 0 Å². The van der Waals surface area contributed by atoms with E-state index in [1.165, 1.54) is 15.9 Å². The number of halogens is 1. The van der Waals surface area contributed by atoms with Crippen LogP contribution in [0.25, 0.3) is 48.6 Å². The van der Waals surface area contributed by atoms with Crippen LogP contribution in [-0.2, 0) is 9.53 Å². The molecule has 2 aromatic carbocycles. The molecule has 0 aliphatic carbocycles. The Bertz CT molecular complexity index is 2080. The van der Waals surface area contributed by atoms with Crippen molar-refractivity contribution in [3.8, 4) is 27.5 Å². The number of ketones is 1. The fourth-order valence-electron chi connectivity index (χ4n) is 5.21. The molecule has 0 spiro atoms. The second-order valence-corrected chi connectivity index (χ2v) is 12.8. The van der Waals surface area contributed by atoms with Crippen LogP contribution < -0.4 is 5.56 Å². The molecule has 1 atom stereocenters. The van der Waals surface area contributed by atoms with E-state index >= 15 is 0 Å². The summed E-state index contributed by atoms with van der Waals surface area (Å²) in [4.78, 5) is 40.1. The van der Waals surface area contributed by atoms with Crippen molar-refractivity contribution >= 4 is 49.8 Å². The first-order valence-corrected chi connectivity index (χ1v) is 15.0. The van der Waals surface area contributed by atoms with Crippen molar-refractivity contribution in [1.29, 1.82) is 0 Å². The summed E-state index contributed by atoms with van der Waals surface area (Å²) < 4.78 is 8.80. The highest BCUT2D eigenvalue weighted by Crippen LogP contribution is 2.44. The van der Waals surface area contributed by atoms with Gasteiger partial charge in [-0.3, -0.25) is 19.1 Å². The SMILES string of the molecule is CC(=O)[C@@H](OC(C)(C)C)c1c(C)cc2nc(-c3ccnc(-n4ccc5ncccc5c4=O)c3)sc2c1-c1ccc(Cl)cc1. The summed E-state index contributed by atoms with van der Waals surface area (Å²) in [6.45, 7) is 9.39. The third-order valence-corrected chi connectivity index (χ3v) is 8.46. The van der Waals surface area contributed by atoms with Crippen LogP contribution >= 0.6 is 22.9 Å². The average molecular weight is 609 g/mol. The lowest BCUT2D eigenvalue weighted by molar-refractivity contribution is -0.138. The molecule has 6 rings (SSSR count). The van der Waals surface area contributed by atoms with Crippen LogP contribution in [0.2, 0.25) is 5.02 Å². The van der Waals surface area contributed by atoms with Gasteiger partial charge in [0, 0.05) is 40.3 Å². The second-order valence-electron chi connectivity index (χ2n) is 11.4. The molecule has 0 aliphatic rings. The number of fused-ring (bicyclic) bond motifs is 2. The van der Waals surface area contributed by atoms with Crippen molar-refractivity contribution in [2.75, 3.05) is 0 Å². The first-order valence-electron chi connectivity index (χ1n) is 13.8. The lowest BCUT2D eigenvalue weighted by Gasteiger charge is -2.29. The number of aryl methyl sites for hydroxylation is 1. The van der Waals surface area contributed by atoms with Gasteiger partial charge in [-0.25, -0.2) is 9.97 Å². The number of hydrogen-bond donors (Lipinski definition) is 0.